The Labute approximate surface area is 124 Å². The molecule has 3 aromatic rings. The Morgan fingerprint density at radius 3 is 2.48 bits per heavy atom. The van der Waals surface area contributed by atoms with E-state index in [1.807, 2.05) is 43.6 Å². The van der Waals surface area contributed by atoms with Gasteiger partial charge < -0.3 is 10.1 Å². The summed E-state index contributed by atoms with van der Waals surface area (Å²) in [5.74, 6) is 0.866. The van der Waals surface area contributed by atoms with Crippen LogP contribution in [0.3, 0.4) is 0 Å². The van der Waals surface area contributed by atoms with Gasteiger partial charge in [-0.3, -0.25) is 4.98 Å². The normalized spacial score (nSPS) is 12.3. The van der Waals surface area contributed by atoms with E-state index < -0.39 is 0 Å². The number of benzene rings is 2. The maximum Gasteiger partial charge on any atom is 0.118 e. The van der Waals surface area contributed by atoms with Gasteiger partial charge in [0.2, 0.25) is 0 Å². The summed E-state index contributed by atoms with van der Waals surface area (Å²) < 4.78 is 5.21. The summed E-state index contributed by atoms with van der Waals surface area (Å²) in [6.45, 7) is 0. The van der Waals surface area contributed by atoms with Gasteiger partial charge >= 0.3 is 0 Å². The van der Waals surface area contributed by atoms with E-state index in [4.69, 9.17) is 4.74 Å². The van der Waals surface area contributed by atoms with E-state index in [0.29, 0.717) is 0 Å². The average molecular weight is 278 g/mol. The molecular weight excluding hydrogens is 260 g/mol. The Morgan fingerprint density at radius 1 is 1.00 bits per heavy atom. The Balaban J connectivity index is 2.00. The average Bonchev–Trinajstić information content (AvgIpc) is 2.56. The molecule has 0 spiro atoms. The minimum absolute atomic E-state index is 0.119. The van der Waals surface area contributed by atoms with Crippen LogP contribution in [-0.2, 0) is 0 Å². The molecule has 3 rings (SSSR count). The fourth-order valence-corrected chi connectivity index (χ4v) is 2.57. The van der Waals surface area contributed by atoms with Crippen molar-refractivity contribution in [2.24, 2.45) is 0 Å². The first-order chi connectivity index (χ1) is 10.3. The van der Waals surface area contributed by atoms with Crippen molar-refractivity contribution in [3.8, 4) is 5.75 Å². The molecule has 0 aliphatic rings. The fourth-order valence-electron chi connectivity index (χ4n) is 2.57. The molecule has 0 aliphatic heterocycles. The summed E-state index contributed by atoms with van der Waals surface area (Å²) in [5, 5.41) is 4.51. The molecule has 1 atom stereocenters. The molecule has 3 nitrogen and oxygen atoms in total. The van der Waals surface area contributed by atoms with Crippen molar-refractivity contribution < 1.29 is 4.74 Å². The third kappa shape index (κ3) is 2.73. The van der Waals surface area contributed by atoms with E-state index in [1.54, 1.807) is 7.11 Å². The van der Waals surface area contributed by atoms with Gasteiger partial charge in [0.25, 0.3) is 0 Å². The lowest BCUT2D eigenvalue weighted by molar-refractivity contribution is 0.414. The van der Waals surface area contributed by atoms with Gasteiger partial charge in [-0.15, -0.1) is 0 Å². The maximum absolute atomic E-state index is 5.21. The van der Waals surface area contributed by atoms with Crippen LogP contribution in [0.2, 0.25) is 0 Å². The van der Waals surface area contributed by atoms with E-state index >= 15 is 0 Å². The van der Waals surface area contributed by atoms with Gasteiger partial charge in [-0.2, -0.15) is 0 Å². The quantitative estimate of drug-likeness (QED) is 0.792. The van der Waals surface area contributed by atoms with Gasteiger partial charge in [0, 0.05) is 11.6 Å². The second-order valence-corrected chi connectivity index (χ2v) is 4.96. The smallest absolute Gasteiger partial charge is 0.118 e. The molecule has 1 heterocycles. The molecule has 3 heteroatoms. The summed E-state index contributed by atoms with van der Waals surface area (Å²) in [6, 6.07) is 18.6. The molecular formula is C18H18N2O. The lowest BCUT2D eigenvalue weighted by Gasteiger charge is -2.17. The second kappa shape index (κ2) is 5.94. The zero-order valence-electron chi connectivity index (χ0n) is 12.2. The lowest BCUT2D eigenvalue weighted by Crippen LogP contribution is -2.17. The van der Waals surface area contributed by atoms with Crippen LogP contribution < -0.4 is 10.1 Å². The van der Waals surface area contributed by atoms with Gasteiger partial charge in [0.15, 0.2) is 0 Å². The first kappa shape index (κ1) is 13.6. The zero-order valence-corrected chi connectivity index (χ0v) is 12.2. The summed E-state index contributed by atoms with van der Waals surface area (Å²) in [4.78, 5) is 4.54. The summed E-state index contributed by atoms with van der Waals surface area (Å²) in [7, 11) is 3.64. The van der Waals surface area contributed by atoms with Gasteiger partial charge in [-0.05, 0) is 42.4 Å². The molecule has 1 N–H and O–H groups in total. The summed E-state index contributed by atoms with van der Waals surface area (Å²) >= 11 is 0. The van der Waals surface area contributed by atoms with Crippen LogP contribution in [0.15, 0.2) is 60.8 Å². The van der Waals surface area contributed by atoms with Crippen molar-refractivity contribution in [3.63, 3.8) is 0 Å². The molecule has 2 aromatic carbocycles. The number of ether oxygens (including phenoxy) is 1. The Kier molecular flexibility index (Phi) is 3.84. The highest BCUT2D eigenvalue weighted by molar-refractivity contribution is 5.79. The van der Waals surface area contributed by atoms with E-state index in [-0.39, 0.29) is 6.04 Å². The number of methoxy groups -OCH3 is 1. The van der Waals surface area contributed by atoms with E-state index in [1.165, 1.54) is 5.56 Å². The third-order valence-corrected chi connectivity index (χ3v) is 3.68. The Bertz CT molecular complexity index is 738. The van der Waals surface area contributed by atoms with Crippen LogP contribution in [0.4, 0.5) is 0 Å². The molecule has 0 saturated carbocycles. The number of hydrogen-bond donors (Lipinski definition) is 1. The lowest BCUT2D eigenvalue weighted by atomic mass is 9.99. The number of nitrogens with zero attached hydrogens (tertiary/aromatic N) is 1. The first-order valence-corrected chi connectivity index (χ1v) is 6.97. The minimum atomic E-state index is 0.119. The minimum Gasteiger partial charge on any atom is -0.497 e. The molecule has 1 aromatic heterocycles. The highest BCUT2D eigenvalue weighted by atomic mass is 16.5. The highest BCUT2D eigenvalue weighted by Crippen LogP contribution is 2.25. The van der Waals surface area contributed by atoms with Crippen molar-refractivity contribution in [2.75, 3.05) is 14.2 Å². The van der Waals surface area contributed by atoms with Crippen LogP contribution >= 0.6 is 0 Å². The van der Waals surface area contributed by atoms with Crippen molar-refractivity contribution in [1.82, 2.24) is 10.3 Å². The first-order valence-electron chi connectivity index (χ1n) is 6.97. The van der Waals surface area contributed by atoms with E-state index in [2.05, 4.69) is 34.6 Å². The second-order valence-electron chi connectivity index (χ2n) is 4.96. The molecule has 106 valence electrons. The van der Waals surface area contributed by atoms with Crippen LogP contribution in [0.1, 0.15) is 17.2 Å². The van der Waals surface area contributed by atoms with Gasteiger partial charge in [-0.25, -0.2) is 0 Å². The molecule has 0 aliphatic carbocycles. The number of aromatic nitrogens is 1. The number of rotatable bonds is 4. The van der Waals surface area contributed by atoms with Crippen LogP contribution in [0.5, 0.6) is 5.75 Å². The zero-order chi connectivity index (χ0) is 14.7. The van der Waals surface area contributed by atoms with Gasteiger partial charge in [0.05, 0.1) is 18.7 Å². The molecule has 0 radical (unpaired) electrons. The molecule has 0 amide bonds. The van der Waals surface area contributed by atoms with Crippen LogP contribution in [0, 0.1) is 0 Å². The third-order valence-electron chi connectivity index (χ3n) is 3.68. The number of fused-ring (bicyclic) bond motifs is 1. The van der Waals surface area contributed by atoms with Crippen molar-refractivity contribution in [1.29, 1.82) is 0 Å². The van der Waals surface area contributed by atoms with Gasteiger partial charge in [-0.1, -0.05) is 30.3 Å². The Hall–Kier alpha value is -2.39. The standard InChI is InChI=1S/C18H18N2O/c1-19-18(13-7-9-16(21-2)10-8-13)15-11-14-5-3-4-6-17(14)20-12-15/h3-12,18-19H,1-2H3. The molecule has 0 saturated heterocycles. The molecule has 1 unspecified atom stereocenters. The number of nitrogens with one attached hydrogen (secondary N) is 1. The monoisotopic (exact) mass is 278 g/mol. The van der Waals surface area contributed by atoms with Crippen molar-refractivity contribution in [2.45, 2.75) is 6.04 Å². The Morgan fingerprint density at radius 2 is 1.76 bits per heavy atom. The number of para-hydroxylation sites is 1. The number of pyridine rings is 1. The highest BCUT2D eigenvalue weighted by Gasteiger charge is 2.13. The SMILES string of the molecule is CNC(c1ccc(OC)cc1)c1cnc2ccccc2c1. The topological polar surface area (TPSA) is 34.1 Å². The maximum atomic E-state index is 5.21. The van der Waals surface area contributed by atoms with Crippen LogP contribution in [-0.4, -0.2) is 19.1 Å². The number of hydrogen-bond acceptors (Lipinski definition) is 3. The molecule has 21 heavy (non-hydrogen) atoms. The molecule has 0 fully saturated rings. The van der Waals surface area contributed by atoms with Crippen molar-refractivity contribution in [3.05, 3.63) is 71.9 Å². The van der Waals surface area contributed by atoms with E-state index in [9.17, 15) is 0 Å². The van der Waals surface area contributed by atoms with Crippen LogP contribution in [0.25, 0.3) is 10.9 Å². The van der Waals surface area contributed by atoms with Crippen molar-refractivity contribution >= 4 is 10.9 Å². The molecule has 0 bridgehead atoms. The fraction of sp³-hybridized carbons (Fsp3) is 0.167. The summed E-state index contributed by atoms with van der Waals surface area (Å²) in [5.41, 5.74) is 3.36. The van der Waals surface area contributed by atoms with E-state index in [0.717, 1.165) is 22.2 Å². The summed E-state index contributed by atoms with van der Waals surface area (Å²) in [6.07, 6.45) is 1.94. The largest absolute Gasteiger partial charge is 0.497 e. The van der Waals surface area contributed by atoms with Gasteiger partial charge in [0.1, 0.15) is 5.75 Å². The predicted molar refractivity (Wildman–Crippen MR) is 85.6 cm³/mol. The predicted octanol–water partition coefficient (Wildman–Crippen LogP) is 3.55.